The maximum absolute atomic E-state index is 13.0. The van der Waals surface area contributed by atoms with Gasteiger partial charge in [0.1, 0.15) is 18.3 Å². The molecular formula is C14H14FN3O2. The van der Waals surface area contributed by atoms with E-state index in [0.29, 0.717) is 22.6 Å². The zero-order valence-electron chi connectivity index (χ0n) is 10.9. The van der Waals surface area contributed by atoms with Crippen LogP contribution < -0.4 is 15.2 Å². The fourth-order valence-electron chi connectivity index (χ4n) is 1.65. The van der Waals surface area contributed by atoms with E-state index in [4.69, 9.17) is 20.6 Å². The number of ether oxygens (including phenoxy) is 2. The minimum atomic E-state index is -0.412. The van der Waals surface area contributed by atoms with Crippen LogP contribution in [0, 0.1) is 11.2 Å². The Morgan fingerprint density at radius 2 is 2.10 bits per heavy atom. The van der Waals surface area contributed by atoms with E-state index in [1.807, 2.05) is 0 Å². The summed E-state index contributed by atoms with van der Waals surface area (Å²) in [4.78, 5) is 3.75. The molecule has 0 unspecified atom stereocenters. The largest absolute Gasteiger partial charge is 0.493 e. The molecule has 3 N–H and O–H groups in total. The summed E-state index contributed by atoms with van der Waals surface area (Å²) < 4.78 is 23.7. The predicted octanol–water partition coefficient (Wildman–Crippen LogP) is 2.09. The predicted molar refractivity (Wildman–Crippen MR) is 72.5 cm³/mol. The number of hydrogen-bond donors (Lipinski definition) is 2. The number of hydrogen-bond acceptors (Lipinski definition) is 4. The van der Waals surface area contributed by atoms with E-state index in [9.17, 15) is 4.39 Å². The molecule has 104 valence electrons. The summed E-state index contributed by atoms with van der Waals surface area (Å²) in [5, 5.41) is 7.37. The van der Waals surface area contributed by atoms with E-state index >= 15 is 0 Å². The molecule has 2 rings (SSSR count). The van der Waals surface area contributed by atoms with Crippen molar-refractivity contribution in [3.8, 4) is 11.5 Å². The lowest BCUT2D eigenvalue weighted by Gasteiger charge is -2.11. The van der Waals surface area contributed by atoms with Crippen molar-refractivity contribution in [2.45, 2.75) is 6.61 Å². The molecule has 0 saturated heterocycles. The van der Waals surface area contributed by atoms with Crippen molar-refractivity contribution in [3.63, 3.8) is 0 Å². The number of halogens is 1. The maximum Gasteiger partial charge on any atom is 0.161 e. The summed E-state index contributed by atoms with van der Waals surface area (Å²) in [6, 6.07) is 6.28. The van der Waals surface area contributed by atoms with Crippen LogP contribution in [0.4, 0.5) is 4.39 Å². The Bertz CT molecular complexity index is 632. The van der Waals surface area contributed by atoms with Crippen LogP contribution in [0.1, 0.15) is 11.1 Å². The fourth-order valence-corrected chi connectivity index (χ4v) is 1.65. The van der Waals surface area contributed by atoms with Crippen LogP contribution in [0.5, 0.6) is 11.5 Å². The van der Waals surface area contributed by atoms with E-state index in [0.717, 1.165) is 6.20 Å². The van der Waals surface area contributed by atoms with E-state index in [1.54, 1.807) is 18.2 Å². The first-order chi connectivity index (χ1) is 9.60. The van der Waals surface area contributed by atoms with Crippen molar-refractivity contribution in [2.75, 3.05) is 7.11 Å². The topological polar surface area (TPSA) is 81.2 Å². The Morgan fingerprint density at radius 3 is 2.75 bits per heavy atom. The van der Waals surface area contributed by atoms with Gasteiger partial charge in [-0.1, -0.05) is 0 Å². The number of amidine groups is 1. The molecule has 20 heavy (non-hydrogen) atoms. The molecule has 0 spiro atoms. The van der Waals surface area contributed by atoms with Gasteiger partial charge in [0.15, 0.2) is 11.5 Å². The summed E-state index contributed by atoms with van der Waals surface area (Å²) in [6.45, 7) is 0.167. The van der Waals surface area contributed by atoms with Crippen LogP contribution in [0.2, 0.25) is 0 Å². The number of pyridine rings is 1. The van der Waals surface area contributed by atoms with Crippen molar-refractivity contribution >= 4 is 5.84 Å². The molecular weight excluding hydrogens is 261 g/mol. The second-order valence-electron chi connectivity index (χ2n) is 4.08. The third-order valence-corrected chi connectivity index (χ3v) is 2.63. The molecule has 0 fully saturated rings. The lowest BCUT2D eigenvalue weighted by molar-refractivity contribution is 0.283. The van der Waals surface area contributed by atoms with Gasteiger partial charge in [-0.25, -0.2) is 4.39 Å². The molecule has 0 bridgehead atoms. The maximum atomic E-state index is 13.0. The first kappa shape index (κ1) is 13.8. The zero-order valence-corrected chi connectivity index (χ0v) is 10.9. The molecule has 0 amide bonds. The number of benzene rings is 1. The molecule has 0 aliphatic rings. The molecule has 1 aromatic heterocycles. The first-order valence-electron chi connectivity index (χ1n) is 5.85. The van der Waals surface area contributed by atoms with Crippen molar-refractivity contribution in [1.29, 1.82) is 5.41 Å². The summed E-state index contributed by atoms with van der Waals surface area (Å²) in [5.74, 6) is 0.484. The van der Waals surface area contributed by atoms with Gasteiger partial charge in [-0.3, -0.25) is 10.4 Å². The molecule has 2 aromatic rings. The highest BCUT2D eigenvalue weighted by atomic mass is 19.1. The quantitative estimate of drug-likeness (QED) is 0.646. The molecule has 1 heterocycles. The van der Waals surface area contributed by atoms with E-state index in [1.165, 1.54) is 19.4 Å². The van der Waals surface area contributed by atoms with Crippen LogP contribution in [0.15, 0.2) is 36.7 Å². The number of nitrogens with zero attached hydrogens (tertiary/aromatic N) is 1. The minimum absolute atomic E-state index is 0.0517. The number of nitrogen functional groups attached to an aromatic ring is 1. The Morgan fingerprint density at radius 1 is 1.30 bits per heavy atom. The van der Waals surface area contributed by atoms with Crippen LogP contribution in [-0.4, -0.2) is 17.9 Å². The second-order valence-corrected chi connectivity index (χ2v) is 4.08. The fraction of sp³-hybridized carbons (Fsp3) is 0.143. The van der Waals surface area contributed by atoms with E-state index < -0.39 is 5.82 Å². The van der Waals surface area contributed by atoms with Crippen molar-refractivity contribution < 1.29 is 13.9 Å². The van der Waals surface area contributed by atoms with Gasteiger partial charge in [0, 0.05) is 17.3 Å². The van der Waals surface area contributed by atoms with Gasteiger partial charge in [-0.2, -0.15) is 0 Å². The van der Waals surface area contributed by atoms with Gasteiger partial charge < -0.3 is 15.2 Å². The number of nitrogens with one attached hydrogen (secondary N) is 1. The number of nitrogens with two attached hydrogens (primary N) is 1. The number of aromatic nitrogens is 1. The molecule has 0 saturated carbocycles. The van der Waals surface area contributed by atoms with Crippen molar-refractivity contribution in [2.24, 2.45) is 5.73 Å². The normalized spacial score (nSPS) is 10.1. The highest BCUT2D eigenvalue weighted by Crippen LogP contribution is 2.28. The molecule has 6 heteroatoms. The van der Waals surface area contributed by atoms with Crippen LogP contribution in [0.3, 0.4) is 0 Å². The molecule has 1 aromatic carbocycles. The van der Waals surface area contributed by atoms with Gasteiger partial charge >= 0.3 is 0 Å². The summed E-state index contributed by atoms with van der Waals surface area (Å²) in [7, 11) is 1.50. The van der Waals surface area contributed by atoms with Crippen LogP contribution in [-0.2, 0) is 6.61 Å². The van der Waals surface area contributed by atoms with E-state index in [-0.39, 0.29) is 12.4 Å². The van der Waals surface area contributed by atoms with Crippen molar-refractivity contribution in [3.05, 3.63) is 53.6 Å². The summed E-state index contributed by atoms with van der Waals surface area (Å²) in [6.07, 6.45) is 2.66. The second kappa shape index (κ2) is 6.01. The Labute approximate surface area is 115 Å². The number of rotatable bonds is 5. The lowest BCUT2D eigenvalue weighted by atomic mass is 10.2. The third kappa shape index (κ3) is 3.23. The molecule has 0 aliphatic heterocycles. The summed E-state index contributed by atoms with van der Waals surface area (Å²) in [5.41, 5.74) is 6.56. The van der Waals surface area contributed by atoms with Gasteiger partial charge in [0.2, 0.25) is 0 Å². The Hall–Kier alpha value is -2.63. The van der Waals surface area contributed by atoms with Gasteiger partial charge in [-0.05, 0) is 24.3 Å². The average Bonchev–Trinajstić information content (AvgIpc) is 2.45. The summed E-state index contributed by atoms with van der Waals surface area (Å²) >= 11 is 0. The highest BCUT2D eigenvalue weighted by molar-refractivity contribution is 5.95. The average molecular weight is 275 g/mol. The third-order valence-electron chi connectivity index (χ3n) is 2.63. The highest BCUT2D eigenvalue weighted by Gasteiger charge is 2.08. The molecule has 0 atom stereocenters. The monoisotopic (exact) mass is 275 g/mol. The minimum Gasteiger partial charge on any atom is -0.493 e. The van der Waals surface area contributed by atoms with Crippen LogP contribution in [0.25, 0.3) is 0 Å². The Kier molecular flexibility index (Phi) is 4.14. The number of methoxy groups -OCH3 is 1. The Balaban J connectivity index is 2.15. The smallest absolute Gasteiger partial charge is 0.161 e. The standard InChI is InChI=1S/C14H14FN3O2/c1-19-13-5-10(14(16)17)2-3-12(13)20-8-9-4-11(15)7-18-6-9/h2-7H,8H2,1H3,(H3,16,17). The van der Waals surface area contributed by atoms with E-state index in [2.05, 4.69) is 4.98 Å². The molecule has 5 nitrogen and oxygen atoms in total. The SMILES string of the molecule is COc1cc(C(=N)N)ccc1OCc1cncc(F)c1. The van der Waals surface area contributed by atoms with Gasteiger partial charge in [0.25, 0.3) is 0 Å². The van der Waals surface area contributed by atoms with Crippen molar-refractivity contribution in [1.82, 2.24) is 4.98 Å². The van der Waals surface area contributed by atoms with Gasteiger partial charge in [0.05, 0.1) is 13.3 Å². The lowest BCUT2D eigenvalue weighted by Crippen LogP contribution is -2.11. The van der Waals surface area contributed by atoms with Gasteiger partial charge in [-0.15, -0.1) is 0 Å². The molecule has 0 radical (unpaired) electrons. The zero-order chi connectivity index (χ0) is 14.5. The molecule has 0 aliphatic carbocycles. The first-order valence-corrected chi connectivity index (χ1v) is 5.85. The van der Waals surface area contributed by atoms with Crippen LogP contribution >= 0.6 is 0 Å².